The quantitative estimate of drug-likeness (QED) is 0.717. The van der Waals surface area contributed by atoms with E-state index in [4.69, 9.17) is 32.7 Å². The summed E-state index contributed by atoms with van der Waals surface area (Å²) in [4.78, 5) is 28.5. The van der Waals surface area contributed by atoms with E-state index in [9.17, 15) is 9.59 Å². The number of rotatable bonds is 5. The maximum atomic E-state index is 12.7. The molecule has 2 aromatic rings. The lowest BCUT2D eigenvalue weighted by atomic mass is 10.1. The minimum absolute atomic E-state index is 0.0869. The van der Waals surface area contributed by atoms with Gasteiger partial charge in [-0.15, -0.1) is 0 Å². The lowest BCUT2D eigenvalue weighted by Crippen LogP contribution is -2.51. The summed E-state index contributed by atoms with van der Waals surface area (Å²) in [5.41, 5.74) is 1.45. The highest BCUT2D eigenvalue weighted by molar-refractivity contribution is 6.36. The number of amides is 2. The van der Waals surface area contributed by atoms with E-state index in [1.807, 2.05) is 19.1 Å². The van der Waals surface area contributed by atoms with Crippen LogP contribution in [-0.4, -0.2) is 61.5 Å². The van der Waals surface area contributed by atoms with Crippen LogP contribution in [0.25, 0.3) is 0 Å². The Kier molecular flexibility index (Phi) is 6.87. The molecule has 3 rings (SSSR count). The molecule has 1 saturated heterocycles. The largest absolute Gasteiger partial charge is 0.493 e. The zero-order valence-electron chi connectivity index (χ0n) is 16.3. The van der Waals surface area contributed by atoms with E-state index in [1.54, 1.807) is 41.2 Å². The molecule has 0 N–H and O–H groups in total. The first-order valence-corrected chi connectivity index (χ1v) is 9.94. The summed E-state index contributed by atoms with van der Waals surface area (Å²) >= 11 is 12.0. The summed E-state index contributed by atoms with van der Waals surface area (Å²) in [6, 6.07) is 10.3. The fraction of sp³-hybridized carbons (Fsp3) is 0.333. The van der Waals surface area contributed by atoms with Gasteiger partial charge in [-0.2, -0.15) is 0 Å². The van der Waals surface area contributed by atoms with Crippen LogP contribution in [0.4, 0.5) is 0 Å². The van der Waals surface area contributed by atoms with Gasteiger partial charge in [0.2, 0.25) is 0 Å². The van der Waals surface area contributed by atoms with Gasteiger partial charge in [-0.3, -0.25) is 9.59 Å². The highest BCUT2D eigenvalue weighted by Crippen LogP contribution is 2.28. The van der Waals surface area contributed by atoms with E-state index in [1.165, 1.54) is 0 Å². The minimum Gasteiger partial charge on any atom is -0.493 e. The van der Waals surface area contributed by atoms with Crippen molar-refractivity contribution in [2.24, 2.45) is 0 Å². The SMILES string of the molecule is COc1cc(C)ccc1OCC(=O)N1CCN(C(=O)c2ccc(Cl)cc2Cl)CC1. The molecule has 2 aromatic carbocycles. The third-order valence-electron chi connectivity index (χ3n) is 4.75. The smallest absolute Gasteiger partial charge is 0.260 e. The normalized spacial score (nSPS) is 13.9. The van der Waals surface area contributed by atoms with Crippen molar-refractivity contribution >= 4 is 35.0 Å². The average Bonchev–Trinajstić information content (AvgIpc) is 2.72. The van der Waals surface area contributed by atoms with Crippen LogP contribution in [0.2, 0.25) is 10.0 Å². The van der Waals surface area contributed by atoms with E-state index < -0.39 is 0 Å². The van der Waals surface area contributed by atoms with Gasteiger partial charge in [0, 0.05) is 31.2 Å². The molecular formula is C21H22Cl2N2O4. The first-order valence-electron chi connectivity index (χ1n) is 9.18. The lowest BCUT2D eigenvalue weighted by molar-refractivity contribution is -0.134. The second-order valence-electron chi connectivity index (χ2n) is 6.74. The highest BCUT2D eigenvalue weighted by atomic mass is 35.5. The molecule has 8 heteroatoms. The van der Waals surface area contributed by atoms with Crippen molar-refractivity contribution in [3.8, 4) is 11.5 Å². The summed E-state index contributed by atoms with van der Waals surface area (Å²) in [5.74, 6) is 0.814. The lowest BCUT2D eigenvalue weighted by Gasteiger charge is -2.35. The summed E-state index contributed by atoms with van der Waals surface area (Å²) < 4.78 is 10.9. The van der Waals surface area contributed by atoms with Crippen molar-refractivity contribution in [2.75, 3.05) is 39.9 Å². The molecule has 1 heterocycles. The predicted octanol–water partition coefficient (Wildman–Crippen LogP) is 3.67. The Bertz CT molecular complexity index is 912. The van der Waals surface area contributed by atoms with Gasteiger partial charge in [0.15, 0.2) is 18.1 Å². The van der Waals surface area contributed by atoms with Gasteiger partial charge in [-0.05, 0) is 42.8 Å². The first kappa shape index (κ1) is 21.3. The number of carbonyl (C=O) groups is 2. The van der Waals surface area contributed by atoms with Crippen molar-refractivity contribution in [3.05, 3.63) is 57.6 Å². The van der Waals surface area contributed by atoms with Gasteiger partial charge in [0.05, 0.1) is 17.7 Å². The highest BCUT2D eigenvalue weighted by Gasteiger charge is 2.26. The number of halogens is 2. The first-order chi connectivity index (χ1) is 13.9. The fourth-order valence-corrected chi connectivity index (χ4v) is 3.61. The van der Waals surface area contributed by atoms with Crippen LogP contribution in [0.1, 0.15) is 15.9 Å². The van der Waals surface area contributed by atoms with Crippen LogP contribution in [0.5, 0.6) is 11.5 Å². The molecule has 1 fully saturated rings. The number of aryl methyl sites for hydroxylation is 1. The van der Waals surface area contributed by atoms with Gasteiger partial charge in [0.1, 0.15) is 0 Å². The van der Waals surface area contributed by atoms with Crippen molar-refractivity contribution in [1.29, 1.82) is 0 Å². The zero-order valence-corrected chi connectivity index (χ0v) is 17.8. The Morgan fingerprint density at radius 3 is 2.31 bits per heavy atom. The Labute approximate surface area is 179 Å². The Morgan fingerprint density at radius 2 is 1.66 bits per heavy atom. The number of hydrogen-bond acceptors (Lipinski definition) is 4. The van der Waals surface area contributed by atoms with Gasteiger partial charge in [-0.25, -0.2) is 0 Å². The molecule has 0 aliphatic carbocycles. The number of nitrogens with zero attached hydrogens (tertiary/aromatic N) is 2. The van der Waals surface area contributed by atoms with Crippen LogP contribution in [0.3, 0.4) is 0 Å². The van der Waals surface area contributed by atoms with Crippen LogP contribution in [0, 0.1) is 6.92 Å². The maximum Gasteiger partial charge on any atom is 0.260 e. The average molecular weight is 437 g/mol. The van der Waals surface area contributed by atoms with Gasteiger partial charge < -0.3 is 19.3 Å². The summed E-state index contributed by atoms with van der Waals surface area (Å²) in [6.07, 6.45) is 0. The molecule has 0 atom stereocenters. The van der Waals surface area contributed by atoms with Crippen molar-refractivity contribution in [1.82, 2.24) is 9.80 Å². The summed E-state index contributed by atoms with van der Waals surface area (Å²) in [5, 5.41) is 0.800. The third-order valence-corrected chi connectivity index (χ3v) is 5.30. The van der Waals surface area contributed by atoms with Crippen molar-refractivity contribution < 1.29 is 19.1 Å². The Morgan fingerprint density at radius 1 is 0.966 bits per heavy atom. The Hall–Kier alpha value is -2.44. The fourth-order valence-electron chi connectivity index (χ4n) is 3.12. The molecule has 0 spiro atoms. The van der Waals surface area contributed by atoms with Crippen LogP contribution in [0.15, 0.2) is 36.4 Å². The molecule has 0 radical (unpaired) electrons. The molecule has 1 aliphatic heterocycles. The molecule has 0 bridgehead atoms. The van der Waals surface area contributed by atoms with Crippen LogP contribution in [-0.2, 0) is 4.79 Å². The Balaban J connectivity index is 1.53. The van der Waals surface area contributed by atoms with Crippen LogP contribution < -0.4 is 9.47 Å². The van der Waals surface area contributed by atoms with E-state index >= 15 is 0 Å². The maximum absolute atomic E-state index is 12.7. The zero-order chi connectivity index (χ0) is 21.0. The summed E-state index contributed by atoms with van der Waals surface area (Å²) in [6.45, 7) is 3.59. The molecule has 1 aliphatic rings. The molecule has 29 heavy (non-hydrogen) atoms. The molecule has 2 amide bonds. The van der Waals surface area contributed by atoms with Crippen molar-refractivity contribution in [3.63, 3.8) is 0 Å². The third kappa shape index (κ3) is 5.14. The molecule has 6 nitrogen and oxygen atoms in total. The topological polar surface area (TPSA) is 59.1 Å². The molecule has 0 aromatic heterocycles. The number of piperazine rings is 1. The monoisotopic (exact) mass is 436 g/mol. The van der Waals surface area contributed by atoms with Crippen LogP contribution >= 0.6 is 23.2 Å². The van der Waals surface area contributed by atoms with Gasteiger partial charge >= 0.3 is 0 Å². The van der Waals surface area contributed by atoms with E-state index in [2.05, 4.69) is 0 Å². The standard InChI is InChI=1S/C21H22Cl2N2O4/c1-14-3-6-18(19(11-14)28-2)29-13-20(26)24-7-9-25(10-8-24)21(27)16-5-4-15(22)12-17(16)23/h3-6,11-12H,7-10,13H2,1-2H3. The second kappa shape index (κ2) is 9.37. The van der Waals surface area contributed by atoms with Gasteiger partial charge in [0.25, 0.3) is 11.8 Å². The number of methoxy groups -OCH3 is 1. The number of hydrogen-bond donors (Lipinski definition) is 0. The second-order valence-corrected chi connectivity index (χ2v) is 7.58. The molecule has 0 unspecified atom stereocenters. The van der Waals surface area contributed by atoms with Gasteiger partial charge in [-0.1, -0.05) is 29.3 Å². The molecular weight excluding hydrogens is 415 g/mol. The number of carbonyl (C=O) groups excluding carboxylic acids is 2. The predicted molar refractivity (Wildman–Crippen MR) is 112 cm³/mol. The molecule has 154 valence electrons. The van der Waals surface area contributed by atoms with E-state index in [0.29, 0.717) is 53.3 Å². The molecule has 0 saturated carbocycles. The number of benzene rings is 2. The van der Waals surface area contributed by atoms with E-state index in [0.717, 1.165) is 5.56 Å². The van der Waals surface area contributed by atoms with E-state index in [-0.39, 0.29) is 18.4 Å². The van der Waals surface area contributed by atoms with Crippen molar-refractivity contribution in [2.45, 2.75) is 6.92 Å². The number of ether oxygens (including phenoxy) is 2. The minimum atomic E-state index is -0.167. The summed E-state index contributed by atoms with van der Waals surface area (Å²) in [7, 11) is 1.56.